The van der Waals surface area contributed by atoms with E-state index in [0.29, 0.717) is 11.5 Å². The fraction of sp³-hybridized carbons (Fsp3) is 0.231. The van der Waals surface area contributed by atoms with E-state index < -0.39 is 11.3 Å². The monoisotopic (exact) mass is 266 g/mol. The zero-order valence-electron chi connectivity index (χ0n) is 9.68. The van der Waals surface area contributed by atoms with Crippen molar-refractivity contribution in [3.8, 4) is 11.5 Å². The summed E-state index contributed by atoms with van der Waals surface area (Å²) in [5.74, 6) is 1.17. The van der Waals surface area contributed by atoms with Gasteiger partial charge in [-0.3, -0.25) is 9.59 Å². The topological polar surface area (TPSA) is 52.6 Å². The maximum atomic E-state index is 11.8. The van der Waals surface area contributed by atoms with Gasteiger partial charge in [0, 0.05) is 12.0 Å². The first-order valence-electron chi connectivity index (χ1n) is 5.34. The molecule has 18 heavy (non-hydrogen) atoms. The second-order valence-electron chi connectivity index (χ2n) is 3.82. The molecule has 94 valence electrons. The number of methoxy groups -OCH3 is 1. The number of halogens is 1. The highest BCUT2D eigenvalue weighted by Crippen LogP contribution is 2.29. The minimum atomic E-state index is -0.756. The van der Waals surface area contributed by atoms with Gasteiger partial charge in [-0.2, -0.15) is 0 Å². The number of carbonyl (C=O) groups excluding carboxylic acids is 2. The van der Waals surface area contributed by atoms with Crippen LogP contribution in [0, 0.1) is 0 Å². The Morgan fingerprint density at radius 3 is 3.00 bits per heavy atom. The quantitative estimate of drug-likeness (QED) is 0.619. The first-order chi connectivity index (χ1) is 8.60. The molecule has 0 amide bonds. The third-order valence-electron chi connectivity index (χ3n) is 2.61. The molecule has 0 fully saturated rings. The van der Waals surface area contributed by atoms with Crippen LogP contribution in [0.15, 0.2) is 30.4 Å². The number of hydrogen-bond donors (Lipinski definition) is 0. The third kappa shape index (κ3) is 2.71. The van der Waals surface area contributed by atoms with Crippen LogP contribution in [-0.4, -0.2) is 24.2 Å². The second-order valence-corrected chi connectivity index (χ2v) is 4.19. The van der Waals surface area contributed by atoms with Crippen LogP contribution in [-0.2, 0) is 16.0 Å². The molecule has 0 N–H and O–H groups in total. The fourth-order valence-electron chi connectivity index (χ4n) is 1.74. The van der Waals surface area contributed by atoms with Gasteiger partial charge >= 0.3 is 0 Å². The van der Waals surface area contributed by atoms with E-state index in [9.17, 15) is 9.59 Å². The highest BCUT2D eigenvalue weighted by molar-refractivity contribution is 6.66. The molecule has 0 radical (unpaired) electrons. The zero-order chi connectivity index (χ0) is 13.1. The van der Waals surface area contributed by atoms with Crippen molar-refractivity contribution in [2.45, 2.75) is 12.5 Å². The molecule has 0 bridgehead atoms. The lowest BCUT2D eigenvalue weighted by Crippen LogP contribution is -2.31. The maximum absolute atomic E-state index is 11.8. The Kier molecular flexibility index (Phi) is 3.67. The second kappa shape index (κ2) is 5.23. The first-order valence-corrected chi connectivity index (χ1v) is 5.72. The van der Waals surface area contributed by atoms with Gasteiger partial charge in [-0.05, 0) is 42.0 Å². The Labute approximate surface area is 109 Å². The van der Waals surface area contributed by atoms with Crippen LogP contribution < -0.4 is 9.47 Å². The summed E-state index contributed by atoms with van der Waals surface area (Å²) >= 11 is 5.18. The Bertz CT molecular complexity index is 522. The highest BCUT2D eigenvalue weighted by Gasteiger charge is 2.26. The lowest BCUT2D eigenvalue weighted by molar-refractivity contribution is -0.124. The molecule has 1 aliphatic heterocycles. The van der Waals surface area contributed by atoms with Crippen molar-refractivity contribution < 1.29 is 19.1 Å². The normalized spacial score (nSPS) is 18.3. The number of allylic oxidation sites excluding steroid dienone is 1. The SMILES string of the molecule is COc1ccc2c(c1)CC(=O)C(C=CC(=O)Cl)O2. The van der Waals surface area contributed by atoms with Crippen LogP contribution in [0.2, 0.25) is 0 Å². The summed E-state index contributed by atoms with van der Waals surface area (Å²) in [6, 6.07) is 5.26. The van der Waals surface area contributed by atoms with Crippen LogP contribution in [0.3, 0.4) is 0 Å². The van der Waals surface area contributed by atoms with Crippen molar-refractivity contribution in [2.24, 2.45) is 0 Å². The van der Waals surface area contributed by atoms with Crippen LogP contribution in [0.4, 0.5) is 0 Å². The van der Waals surface area contributed by atoms with Gasteiger partial charge in [0.25, 0.3) is 0 Å². The van der Waals surface area contributed by atoms with Gasteiger partial charge in [-0.15, -0.1) is 0 Å². The number of rotatable bonds is 3. The smallest absolute Gasteiger partial charge is 0.244 e. The molecule has 0 aromatic heterocycles. The lowest BCUT2D eigenvalue weighted by Gasteiger charge is -2.23. The average molecular weight is 267 g/mol. The zero-order valence-corrected chi connectivity index (χ0v) is 10.4. The molecule has 0 saturated carbocycles. The van der Waals surface area contributed by atoms with Crippen molar-refractivity contribution >= 4 is 22.6 Å². The van der Waals surface area contributed by atoms with E-state index in [-0.39, 0.29) is 12.2 Å². The van der Waals surface area contributed by atoms with E-state index in [0.717, 1.165) is 11.6 Å². The Hall–Kier alpha value is -1.81. The van der Waals surface area contributed by atoms with Crippen molar-refractivity contribution in [3.63, 3.8) is 0 Å². The van der Waals surface area contributed by atoms with Gasteiger partial charge in [0.05, 0.1) is 7.11 Å². The predicted molar refractivity (Wildman–Crippen MR) is 66.1 cm³/mol. The van der Waals surface area contributed by atoms with Gasteiger partial charge in [0.1, 0.15) is 11.5 Å². The molecular weight excluding hydrogens is 256 g/mol. The number of fused-ring (bicyclic) bond motifs is 1. The summed E-state index contributed by atoms with van der Waals surface area (Å²) in [6.07, 6.45) is 1.98. The number of ketones is 1. The van der Waals surface area contributed by atoms with E-state index in [1.807, 2.05) is 0 Å². The molecule has 1 unspecified atom stereocenters. The summed E-state index contributed by atoms with van der Waals surface area (Å²) in [5, 5.41) is -0.632. The number of Topliss-reactive ketones (excluding diaryl/α,β-unsaturated/α-hetero) is 1. The molecule has 1 heterocycles. The van der Waals surface area contributed by atoms with Gasteiger partial charge in [0.2, 0.25) is 5.24 Å². The lowest BCUT2D eigenvalue weighted by atomic mass is 10.0. The molecule has 1 atom stereocenters. The van der Waals surface area contributed by atoms with Crippen molar-refractivity contribution in [1.29, 1.82) is 0 Å². The van der Waals surface area contributed by atoms with Crippen LogP contribution in [0.5, 0.6) is 11.5 Å². The molecule has 2 rings (SSSR count). The number of benzene rings is 1. The summed E-state index contributed by atoms with van der Waals surface area (Å²) in [4.78, 5) is 22.4. The predicted octanol–water partition coefficient (Wildman–Crippen LogP) is 1.89. The highest BCUT2D eigenvalue weighted by atomic mass is 35.5. The molecule has 0 aliphatic carbocycles. The standard InChI is InChI=1S/C13H11ClO4/c1-17-9-2-3-11-8(6-9)7-10(15)12(18-11)4-5-13(14)16/h2-6,12H,7H2,1H3. The minimum Gasteiger partial charge on any atom is -0.497 e. The minimum absolute atomic E-state index is 0.120. The molecule has 0 spiro atoms. The maximum Gasteiger partial charge on any atom is 0.244 e. The molecule has 0 saturated heterocycles. The molecule has 1 aliphatic rings. The molecular formula is C13H11ClO4. The summed E-state index contributed by atoms with van der Waals surface area (Å²) in [7, 11) is 1.56. The summed E-state index contributed by atoms with van der Waals surface area (Å²) in [6.45, 7) is 0. The van der Waals surface area contributed by atoms with Crippen molar-refractivity contribution in [1.82, 2.24) is 0 Å². The van der Waals surface area contributed by atoms with Crippen LogP contribution >= 0.6 is 11.6 Å². The van der Waals surface area contributed by atoms with Gasteiger partial charge in [-0.1, -0.05) is 0 Å². The van der Waals surface area contributed by atoms with E-state index in [1.54, 1.807) is 25.3 Å². The van der Waals surface area contributed by atoms with Gasteiger partial charge in [0.15, 0.2) is 11.9 Å². The molecule has 1 aromatic carbocycles. The average Bonchev–Trinajstić information content (AvgIpc) is 2.35. The van der Waals surface area contributed by atoms with Crippen molar-refractivity contribution in [3.05, 3.63) is 35.9 Å². The van der Waals surface area contributed by atoms with Crippen molar-refractivity contribution in [2.75, 3.05) is 7.11 Å². The number of carbonyl (C=O) groups is 2. The fourth-order valence-corrected chi connectivity index (χ4v) is 1.81. The largest absolute Gasteiger partial charge is 0.497 e. The van der Waals surface area contributed by atoms with E-state index in [1.165, 1.54) is 6.08 Å². The van der Waals surface area contributed by atoms with Gasteiger partial charge in [-0.25, -0.2) is 0 Å². The van der Waals surface area contributed by atoms with Gasteiger partial charge < -0.3 is 9.47 Å². The Balaban J connectivity index is 2.23. The van der Waals surface area contributed by atoms with E-state index in [4.69, 9.17) is 21.1 Å². The summed E-state index contributed by atoms with van der Waals surface area (Å²) < 4.78 is 10.6. The third-order valence-corrected chi connectivity index (χ3v) is 2.73. The van der Waals surface area contributed by atoms with E-state index >= 15 is 0 Å². The van der Waals surface area contributed by atoms with Crippen LogP contribution in [0.1, 0.15) is 5.56 Å². The Morgan fingerprint density at radius 1 is 1.56 bits per heavy atom. The summed E-state index contributed by atoms with van der Waals surface area (Å²) in [5.41, 5.74) is 0.779. The molecule has 5 heteroatoms. The number of ether oxygens (including phenoxy) is 2. The number of hydrogen-bond acceptors (Lipinski definition) is 4. The Morgan fingerprint density at radius 2 is 2.33 bits per heavy atom. The van der Waals surface area contributed by atoms with E-state index in [2.05, 4.69) is 0 Å². The molecule has 4 nitrogen and oxygen atoms in total. The van der Waals surface area contributed by atoms with Crippen LogP contribution in [0.25, 0.3) is 0 Å². The molecule has 1 aromatic rings. The first kappa shape index (κ1) is 12.6.